The highest BCUT2D eigenvalue weighted by Gasteiger charge is 2.21. The molecule has 0 aromatic rings. The van der Waals surface area contributed by atoms with E-state index in [2.05, 4.69) is 10.3 Å². The summed E-state index contributed by atoms with van der Waals surface area (Å²) in [4.78, 5) is 4.15. The fourth-order valence-corrected chi connectivity index (χ4v) is 0.891. The van der Waals surface area contributed by atoms with Gasteiger partial charge in [0.15, 0.2) is 5.96 Å². The first-order chi connectivity index (χ1) is 5.83. The lowest BCUT2D eigenvalue weighted by Gasteiger charge is -2.02. The molecule has 0 aromatic heterocycles. The van der Waals surface area contributed by atoms with Crippen molar-refractivity contribution in [3.05, 3.63) is 0 Å². The van der Waals surface area contributed by atoms with Gasteiger partial charge >= 0.3 is 0 Å². The number of ether oxygens (including phenoxy) is 1. The summed E-state index contributed by atoms with van der Waals surface area (Å²) in [6.07, 6.45) is 3.39. The highest BCUT2D eigenvalue weighted by atomic mass is 16.5. The zero-order valence-corrected chi connectivity index (χ0v) is 7.55. The van der Waals surface area contributed by atoms with Crippen molar-refractivity contribution in [2.24, 2.45) is 10.7 Å². The number of nitrogens with two attached hydrogens (primary N) is 1. The largest absolute Gasteiger partial charge is 0.385 e. The van der Waals surface area contributed by atoms with Crippen molar-refractivity contribution in [2.75, 3.05) is 20.3 Å². The Morgan fingerprint density at radius 2 is 2.42 bits per heavy atom. The van der Waals surface area contributed by atoms with Crippen LogP contribution in [0.4, 0.5) is 0 Å². The molecule has 0 spiro atoms. The number of hydrogen-bond acceptors (Lipinski definition) is 2. The van der Waals surface area contributed by atoms with Crippen LogP contribution in [-0.2, 0) is 4.74 Å². The molecule has 4 heteroatoms. The second-order valence-electron chi connectivity index (χ2n) is 3.03. The van der Waals surface area contributed by atoms with Crippen molar-refractivity contribution < 1.29 is 4.74 Å². The van der Waals surface area contributed by atoms with E-state index >= 15 is 0 Å². The van der Waals surface area contributed by atoms with Crippen LogP contribution in [0, 0.1) is 0 Å². The molecule has 0 unspecified atom stereocenters. The molecule has 1 saturated carbocycles. The van der Waals surface area contributed by atoms with Crippen LogP contribution in [0.1, 0.15) is 19.3 Å². The van der Waals surface area contributed by atoms with E-state index in [1.807, 2.05) is 0 Å². The highest BCUT2D eigenvalue weighted by molar-refractivity contribution is 5.78. The van der Waals surface area contributed by atoms with Gasteiger partial charge in [-0.2, -0.15) is 0 Å². The average Bonchev–Trinajstić information content (AvgIpc) is 2.82. The smallest absolute Gasteiger partial charge is 0.188 e. The molecular weight excluding hydrogens is 154 g/mol. The Morgan fingerprint density at radius 3 is 3.00 bits per heavy atom. The first-order valence-electron chi connectivity index (χ1n) is 4.38. The van der Waals surface area contributed by atoms with Gasteiger partial charge in [0, 0.05) is 26.3 Å². The zero-order valence-electron chi connectivity index (χ0n) is 7.55. The Morgan fingerprint density at radius 1 is 1.67 bits per heavy atom. The minimum Gasteiger partial charge on any atom is -0.385 e. The number of hydrogen-bond donors (Lipinski definition) is 2. The van der Waals surface area contributed by atoms with E-state index in [0.717, 1.165) is 19.6 Å². The Hall–Kier alpha value is -0.770. The van der Waals surface area contributed by atoms with Crippen LogP contribution < -0.4 is 11.1 Å². The van der Waals surface area contributed by atoms with Crippen molar-refractivity contribution in [2.45, 2.75) is 25.3 Å². The molecule has 70 valence electrons. The van der Waals surface area contributed by atoms with E-state index in [9.17, 15) is 0 Å². The van der Waals surface area contributed by atoms with Crippen LogP contribution in [0.3, 0.4) is 0 Å². The van der Waals surface area contributed by atoms with E-state index in [1.165, 1.54) is 12.8 Å². The maximum Gasteiger partial charge on any atom is 0.188 e. The number of rotatable bonds is 5. The molecule has 3 N–H and O–H groups in total. The van der Waals surface area contributed by atoms with Gasteiger partial charge in [0.05, 0.1) is 0 Å². The van der Waals surface area contributed by atoms with Gasteiger partial charge in [0.2, 0.25) is 0 Å². The minimum absolute atomic E-state index is 0.577. The SMILES string of the molecule is COCCCN=C(N)NC1CC1. The predicted molar refractivity (Wildman–Crippen MR) is 49.1 cm³/mol. The maximum absolute atomic E-state index is 5.59. The number of methoxy groups -OCH3 is 1. The summed E-state index contributed by atoms with van der Waals surface area (Å²) in [7, 11) is 1.69. The lowest BCUT2D eigenvalue weighted by atomic mass is 10.5. The lowest BCUT2D eigenvalue weighted by Crippen LogP contribution is -2.33. The second kappa shape index (κ2) is 4.98. The van der Waals surface area contributed by atoms with E-state index in [4.69, 9.17) is 10.5 Å². The van der Waals surface area contributed by atoms with Gasteiger partial charge in [-0.3, -0.25) is 4.99 Å². The lowest BCUT2D eigenvalue weighted by molar-refractivity contribution is 0.197. The normalized spacial score (nSPS) is 17.9. The van der Waals surface area contributed by atoms with Gasteiger partial charge in [-0.15, -0.1) is 0 Å². The van der Waals surface area contributed by atoms with Gasteiger partial charge in [-0.25, -0.2) is 0 Å². The van der Waals surface area contributed by atoms with Crippen LogP contribution in [0.5, 0.6) is 0 Å². The monoisotopic (exact) mass is 171 g/mol. The number of nitrogens with one attached hydrogen (secondary N) is 1. The molecular formula is C8H17N3O. The maximum atomic E-state index is 5.59. The molecule has 0 atom stereocenters. The molecule has 0 aromatic carbocycles. The van der Waals surface area contributed by atoms with Gasteiger partial charge in [-0.1, -0.05) is 0 Å². The molecule has 0 bridgehead atoms. The van der Waals surface area contributed by atoms with Crippen LogP contribution in [0.2, 0.25) is 0 Å². The van der Waals surface area contributed by atoms with E-state index in [0.29, 0.717) is 12.0 Å². The Bertz CT molecular complexity index is 154. The third-order valence-electron chi connectivity index (χ3n) is 1.72. The first kappa shape index (κ1) is 9.32. The summed E-state index contributed by atoms with van der Waals surface area (Å²) in [5.74, 6) is 0.577. The van der Waals surface area contributed by atoms with Crippen LogP contribution in [0.15, 0.2) is 4.99 Å². The molecule has 4 nitrogen and oxygen atoms in total. The Balaban J connectivity index is 1.99. The summed E-state index contributed by atoms with van der Waals surface area (Å²) in [5.41, 5.74) is 5.59. The zero-order chi connectivity index (χ0) is 8.81. The van der Waals surface area contributed by atoms with E-state index in [1.54, 1.807) is 7.11 Å². The third kappa shape index (κ3) is 4.18. The van der Waals surface area contributed by atoms with Gasteiger partial charge in [-0.05, 0) is 19.3 Å². The van der Waals surface area contributed by atoms with Crippen molar-refractivity contribution in [3.63, 3.8) is 0 Å². The highest BCUT2D eigenvalue weighted by Crippen LogP contribution is 2.17. The summed E-state index contributed by atoms with van der Waals surface area (Å²) < 4.78 is 4.89. The Labute approximate surface area is 73.2 Å². The average molecular weight is 171 g/mol. The van der Waals surface area contributed by atoms with Crippen molar-refractivity contribution in [1.29, 1.82) is 0 Å². The van der Waals surface area contributed by atoms with Crippen molar-refractivity contribution in [1.82, 2.24) is 5.32 Å². The van der Waals surface area contributed by atoms with Crippen molar-refractivity contribution in [3.8, 4) is 0 Å². The summed E-state index contributed by atoms with van der Waals surface area (Å²) >= 11 is 0. The quantitative estimate of drug-likeness (QED) is 0.350. The molecule has 0 heterocycles. The molecule has 1 aliphatic carbocycles. The number of aliphatic imine (C=N–C) groups is 1. The molecule has 1 rings (SSSR count). The van der Waals surface area contributed by atoms with Gasteiger partial charge < -0.3 is 15.8 Å². The second-order valence-corrected chi connectivity index (χ2v) is 3.03. The Kier molecular flexibility index (Phi) is 3.87. The summed E-state index contributed by atoms with van der Waals surface area (Å²) in [6.45, 7) is 1.50. The molecule has 0 saturated heterocycles. The summed E-state index contributed by atoms with van der Waals surface area (Å²) in [5, 5.41) is 3.12. The van der Waals surface area contributed by atoms with Gasteiger partial charge in [0.1, 0.15) is 0 Å². The fourth-order valence-electron chi connectivity index (χ4n) is 0.891. The predicted octanol–water partition coefficient (Wildman–Crippen LogP) is 0.0896. The molecule has 1 aliphatic rings. The third-order valence-corrected chi connectivity index (χ3v) is 1.72. The number of guanidine groups is 1. The topological polar surface area (TPSA) is 59.6 Å². The van der Waals surface area contributed by atoms with Crippen LogP contribution in [-0.4, -0.2) is 32.3 Å². The standard InChI is InChI=1S/C8H17N3O/c1-12-6-2-5-10-8(9)11-7-3-4-7/h7H,2-6H2,1H3,(H3,9,10,11). The fraction of sp³-hybridized carbons (Fsp3) is 0.875. The van der Waals surface area contributed by atoms with Crippen LogP contribution in [0.25, 0.3) is 0 Å². The van der Waals surface area contributed by atoms with Gasteiger partial charge in [0.25, 0.3) is 0 Å². The molecule has 1 fully saturated rings. The molecule has 0 aliphatic heterocycles. The van der Waals surface area contributed by atoms with E-state index in [-0.39, 0.29) is 0 Å². The van der Waals surface area contributed by atoms with E-state index < -0.39 is 0 Å². The number of nitrogens with zero attached hydrogens (tertiary/aromatic N) is 1. The molecule has 12 heavy (non-hydrogen) atoms. The van der Waals surface area contributed by atoms with Crippen molar-refractivity contribution >= 4 is 5.96 Å². The minimum atomic E-state index is 0.577. The first-order valence-corrected chi connectivity index (χ1v) is 4.38. The van der Waals surface area contributed by atoms with Crippen LogP contribution >= 0.6 is 0 Å². The molecule has 0 amide bonds. The summed E-state index contributed by atoms with van der Waals surface area (Å²) in [6, 6.07) is 0.594. The molecule has 0 radical (unpaired) electrons.